The number of rotatable bonds is 6. The summed E-state index contributed by atoms with van der Waals surface area (Å²) in [7, 11) is 0. The topological polar surface area (TPSA) is 50.9 Å². The third-order valence-corrected chi connectivity index (χ3v) is 3.73. The molecule has 1 heterocycles. The second-order valence-corrected chi connectivity index (χ2v) is 5.53. The van der Waals surface area contributed by atoms with Gasteiger partial charge in [0, 0.05) is 19.6 Å². The summed E-state index contributed by atoms with van der Waals surface area (Å²) in [6.45, 7) is 5.72. The molecule has 4 nitrogen and oxygen atoms in total. The van der Waals surface area contributed by atoms with Crippen LogP contribution in [-0.2, 0) is 6.42 Å². The molecule has 0 bridgehead atoms. The number of guanidine groups is 1. The summed E-state index contributed by atoms with van der Waals surface area (Å²) in [6.07, 6.45) is 5.70. The Kier molecular flexibility index (Phi) is 6.38. The molecular weight excluding hydrogens is 262 g/mol. The Morgan fingerprint density at radius 1 is 1.29 bits per heavy atom. The molecule has 0 aromatic heterocycles. The van der Waals surface area contributed by atoms with E-state index in [1.165, 1.54) is 24.8 Å². The van der Waals surface area contributed by atoms with Gasteiger partial charge < -0.3 is 15.4 Å². The molecule has 2 N–H and O–H groups in total. The van der Waals surface area contributed by atoms with E-state index < -0.39 is 0 Å². The van der Waals surface area contributed by atoms with E-state index in [9.17, 15) is 0 Å². The zero-order valence-electron chi connectivity index (χ0n) is 13.1. The van der Waals surface area contributed by atoms with Crippen molar-refractivity contribution in [2.75, 3.05) is 26.2 Å². The third-order valence-electron chi connectivity index (χ3n) is 3.73. The lowest BCUT2D eigenvalue weighted by Crippen LogP contribution is -2.41. The lowest BCUT2D eigenvalue weighted by atomic mass is 10.1. The lowest BCUT2D eigenvalue weighted by molar-refractivity contribution is 0.317. The Balaban J connectivity index is 1.81. The van der Waals surface area contributed by atoms with Gasteiger partial charge in [-0.2, -0.15) is 0 Å². The molecule has 4 heteroatoms. The summed E-state index contributed by atoms with van der Waals surface area (Å²) in [5, 5.41) is 0. The van der Waals surface area contributed by atoms with Crippen LogP contribution in [-0.4, -0.2) is 37.1 Å². The molecule has 1 aromatic rings. The Hall–Kier alpha value is -1.71. The Bertz CT molecular complexity index is 453. The van der Waals surface area contributed by atoms with E-state index in [0.29, 0.717) is 5.96 Å². The van der Waals surface area contributed by atoms with E-state index in [4.69, 9.17) is 10.5 Å². The number of hydrogen-bond donors (Lipinski definition) is 1. The van der Waals surface area contributed by atoms with E-state index in [1.807, 2.05) is 12.1 Å². The van der Waals surface area contributed by atoms with Crippen molar-refractivity contribution >= 4 is 5.96 Å². The molecule has 116 valence electrons. The van der Waals surface area contributed by atoms with Gasteiger partial charge in [0.1, 0.15) is 5.75 Å². The lowest BCUT2D eigenvalue weighted by Gasteiger charge is -2.27. The molecule has 0 atom stereocenters. The van der Waals surface area contributed by atoms with Crippen LogP contribution in [0, 0.1) is 0 Å². The number of nitrogens with zero attached hydrogens (tertiary/aromatic N) is 2. The zero-order chi connectivity index (χ0) is 14.9. The fraction of sp³-hybridized carbons (Fsp3) is 0.588. The van der Waals surface area contributed by atoms with Crippen molar-refractivity contribution in [3.05, 3.63) is 29.8 Å². The van der Waals surface area contributed by atoms with E-state index in [2.05, 4.69) is 28.9 Å². The minimum absolute atomic E-state index is 0.702. The minimum Gasteiger partial charge on any atom is -0.494 e. The molecule has 1 aromatic carbocycles. The molecule has 21 heavy (non-hydrogen) atoms. The first-order valence-corrected chi connectivity index (χ1v) is 8.06. The number of hydrogen-bond acceptors (Lipinski definition) is 2. The van der Waals surface area contributed by atoms with Crippen LogP contribution in [0.1, 0.15) is 38.2 Å². The summed E-state index contributed by atoms with van der Waals surface area (Å²) >= 11 is 0. The highest BCUT2D eigenvalue weighted by Crippen LogP contribution is 2.14. The van der Waals surface area contributed by atoms with E-state index in [0.717, 1.165) is 44.8 Å². The van der Waals surface area contributed by atoms with Crippen molar-refractivity contribution in [1.82, 2.24) is 4.90 Å². The first-order valence-electron chi connectivity index (χ1n) is 8.06. The maximum Gasteiger partial charge on any atom is 0.191 e. The first kappa shape index (κ1) is 15.7. The van der Waals surface area contributed by atoms with Crippen LogP contribution in [0.2, 0.25) is 0 Å². The van der Waals surface area contributed by atoms with Gasteiger partial charge in [-0.1, -0.05) is 19.1 Å². The van der Waals surface area contributed by atoms with Crippen LogP contribution in [0.3, 0.4) is 0 Å². The Morgan fingerprint density at radius 3 is 2.86 bits per heavy atom. The molecular formula is C17H27N3O. The smallest absolute Gasteiger partial charge is 0.191 e. The Morgan fingerprint density at radius 2 is 2.10 bits per heavy atom. The van der Waals surface area contributed by atoms with E-state index in [-0.39, 0.29) is 0 Å². The second kappa shape index (κ2) is 8.55. The highest BCUT2D eigenvalue weighted by Gasteiger charge is 2.11. The Labute approximate surface area is 128 Å². The predicted octanol–water partition coefficient (Wildman–Crippen LogP) is 2.82. The van der Waals surface area contributed by atoms with Gasteiger partial charge in [0.15, 0.2) is 5.96 Å². The summed E-state index contributed by atoms with van der Waals surface area (Å²) in [5.74, 6) is 1.65. The van der Waals surface area contributed by atoms with Gasteiger partial charge >= 0.3 is 0 Å². The van der Waals surface area contributed by atoms with Gasteiger partial charge in [-0.25, -0.2) is 0 Å². The molecule has 0 amide bonds. The fourth-order valence-electron chi connectivity index (χ4n) is 2.53. The number of nitrogens with two attached hydrogens (primary N) is 1. The number of likely N-dealkylation sites (tertiary alicyclic amines) is 1. The van der Waals surface area contributed by atoms with Gasteiger partial charge in [-0.05, 0) is 49.8 Å². The molecule has 0 unspecified atom stereocenters. The largest absolute Gasteiger partial charge is 0.494 e. The average molecular weight is 289 g/mol. The molecule has 0 spiro atoms. The number of piperidine rings is 1. The van der Waals surface area contributed by atoms with Crippen molar-refractivity contribution in [3.63, 3.8) is 0 Å². The fourth-order valence-corrected chi connectivity index (χ4v) is 2.53. The molecule has 2 rings (SSSR count). The normalized spacial score (nSPS) is 16.0. The van der Waals surface area contributed by atoms with Crippen LogP contribution >= 0.6 is 0 Å². The maximum absolute atomic E-state index is 6.06. The van der Waals surface area contributed by atoms with Crippen molar-refractivity contribution < 1.29 is 4.74 Å². The highest BCUT2D eigenvalue weighted by molar-refractivity contribution is 5.78. The quantitative estimate of drug-likeness (QED) is 0.647. The van der Waals surface area contributed by atoms with Crippen LogP contribution < -0.4 is 10.5 Å². The molecule has 1 aliphatic heterocycles. The van der Waals surface area contributed by atoms with Gasteiger partial charge in [-0.15, -0.1) is 0 Å². The molecule has 1 saturated heterocycles. The summed E-state index contributed by atoms with van der Waals surface area (Å²) in [4.78, 5) is 6.71. The van der Waals surface area contributed by atoms with Crippen molar-refractivity contribution in [1.29, 1.82) is 0 Å². The van der Waals surface area contributed by atoms with Crippen LogP contribution in [0.4, 0.5) is 0 Å². The molecule has 1 fully saturated rings. The molecule has 1 aliphatic rings. The van der Waals surface area contributed by atoms with Crippen molar-refractivity contribution in [3.8, 4) is 5.75 Å². The van der Waals surface area contributed by atoms with Crippen molar-refractivity contribution in [2.24, 2.45) is 10.7 Å². The first-order chi connectivity index (χ1) is 10.3. The summed E-state index contributed by atoms with van der Waals surface area (Å²) < 4.78 is 5.65. The molecule has 0 radical (unpaired) electrons. The monoisotopic (exact) mass is 289 g/mol. The van der Waals surface area contributed by atoms with Crippen LogP contribution in [0.5, 0.6) is 5.75 Å². The highest BCUT2D eigenvalue weighted by atomic mass is 16.5. The molecule has 0 saturated carbocycles. The minimum atomic E-state index is 0.702. The average Bonchev–Trinajstić information content (AvgIpc) is 2.54. The van der Waals surface area contributed by atoms with Gasteiger partial charge in [0.2, 0.25) is 0 Å². The number of ether oxygens (including phenoxy) is 1. The predicted molar refractivity (Wildman–Crippen MR) is 87.8 cm³/mol. The number of benzene rings is 1. The summed E-state index contributed by atoms with van der Waals surface area (Å²) in [6, 6.07) is 8.26. The van der Waals surface area contributed by atoms with Gasteiger partial charge in [0.05, 0.1) is 6.61 Å². The second-order valence-electron chi connectivity index (χ2n) is 5.53. The van der Waals surface area contributed by atoms with E-state index >= 15 is 0 Å². The standard InChI is InChI=1S/C17H27N3O/c1-2-13-21-16-8-6-7-15(14-16)9-10-19-17(18)20-11-4-3-5-12-20/h6-8,14H,2-5,9-13H2,1H3,(H2,18,19). The number of aliphatic imine (C=N–C) groups is 1. The van der Waals surface area contributed by atoms with E-state index in [1.54, 1.807) is 0 Å². The van der Waals surface area contributed by atoms with Gasteiger partial charge in [0.25, 0.3) is 0 Å². The summed E-state index contributed by atoms with van der Waals surface area (Å²) in [5.41, 5.74) is 7.31. The zero-order valence-corrected chi connectivity index (χ0v) is 13.1. The van der Waals surface area contributed by atoms with Gasteiger partial charge in [-0.3, -0.25) is 4.99 Å². The van der Waals surface area contributed by atoms with Crippen LogP contribution in [0.15, 0.2) is 29.3 Å². The van der Waals surface area contributed by atoms with Crippen molar-refractivity contribution in [2.45, 2.75) is 39.0 Å². The maximum atomic E-state index is 6.06. The van der Waals surface area contributed by atoms with Crippen LogP contribution in [0.25, 0.3) is 0 Å². The SMILES string of the molecule is CCCOc1cccc(CCN=C(N)N2CCCCC2)c1. The third kappa shape index (κ3) is 5.29. The molecule has 0 aliphatic carbocycles.